The van der Waals surface area contributed by atoms with E-state index in [1.54, 1.807) is 13.3 Å². The van der Waals surface area contributed by atoms with E-state index in [-0.39, 0.29) is 0 Å². The largest absolute Gasteiger partial charge is 0.481 e. The summed E-state index contributed by atoms with van der Waals surface area (Å²) in [7, 11) is 1.67. The molecule has 0 fully saturated rings. The number of hydrogen-bond donors (Lipinski definition) is 0. The molecule has 1 atom stereocenters. The first-order valence-electron chi connectivity index (χ1n) is 4.78. The van der Waals surface area contributed by atoms with E-state index in [9.17, 15) is 0 Å². The van der Waals surface area contributed by atoms with Gasteiger partial charge in [0.25, 0.3) is 0 Å². The minimum absolute atomic E-state index is 0.536. The maximum absolute atomic E-state index is 5.20. The first-order valence-corrected chi connectivity index (χ1v) is 4.78. The van der Waals surface area contributed by atoms with Gasteiger partial charge >= 0.3 is 0 Å². The molecule has 0 aliphatic carbocycles. The second-order valence-corrected chi connectivity index (χ2v) is 3.29. The van der Waals surface area contributed by atoms with Gasteiger partial charge in [-0.2, -0.15) is 0 Å². The Kier molecular flexibility index (Phi) is 3.74. The van der Waals surface area contributed by atoms with Crippen LogP contribution in [0, 0.1) is 0 Å². The lowest BCUT2D eigenvalue weighted by molar-refractivity contribution is 0.388. The molecule has 2 nitrogen and oxygen atoms in total. The molecule has 72 valence electrons. The number of pyridine rings is 1. The van der Waals surface area contributed by atoms with Crippen LogP contribution in [0.5, 0.6) is 5.88 Å². The minimum Gasteiger partial charge on any atom is -0.481 e. The molecule has 0 N–H and O–H groups in total. The molecule has 0 saturated heterocycles. The van der Waals surface area contributed by atoms with Crippen LogP contribution in [-0.2, 0) is 0 Å². The Morgan fingerprint density at radius 1 is 1.54 bits per heavy atom. The third-order valence-corrected chi connectivity index (χ3v) is 2.25. The zero-order chi connectivity index (χ0) is 9.68. The smallest absolute Gasteiger partial charge is 0.216 e. The molecule has 1 unspecified atom stereocenters. The maximum Gasteiger partial charge on any atom is 0.216 e. The summed E-state index contributed by atoms with van der Waals surface area (Å²) in [5.41, 5.74) is 1.21. The van der Waals surface area contributed by atoms with Gasteiger partial charge in [-0.1, -0.05) is 26.3 Å². The summed E-state index contributed by atoms with van der Waals surface area (Å²) < 4.78 is 5.20. The van der Waals surface area contributed by atoms with Crippen molar-refractivity contribution in [1.82, 2.24) is 4.98 Å². The van der Waals surface area contributed by atoms with Crippen molar-refractivity contribution in [2.24, 2.45) is 0 Å². The van der Waals surface area contributed by atoms with Crippen LogP contribution in [0.1, 0.15) is 38.2 Å². The number of nitrogens with zero attached hydrogens (tertiary/aromatic N) is 1. The second kappa shape index (κ2) is 4.85. The molecule has 1 aromatic rings. The lowest BCUT2D eigenvalue weighted by Crippen LogP contribution is -1.98. The van der Waals surface area contributed by atoms with Crippen molar-refractivity contribution < 1.29 is 4.74 Å². The molecule has 0 aromatic carbocycles. The summed E-state index contributed by atoms with van der Waals surface area (Å²) >= 11 is 0. The van der Waals surface area contributed by atoms with Crippen LogP contribution in [0.3, 0.4) is 0 Å². The Hall–Kier alpha value is -1.05. The highest BCUT2D eigenvalue weighted by molar-refractivity contribution is 5.28. The highest BCUT2D eigenvalue weighted by Crippen LogP contribution is 2.26. The topological polar surface area (TPSA) is 22.1 Å². The van der Waals surface area contributed by atoms with E-state index < -0.39 is 0 Å². The van der Waals surface area contributed by atoms with Gasteiger partial charge in [0.1, 0.15) is 0 Å². The standard InChI is InChI=1S/C11H17NO/c1-4-6-9(2)10-7-5-8-12-11(10)13-3/h5,7-9H,4,6H2,1-3H3. The predicted molar refractivity (Wildman–Crippen MR) is 54.1 cm³/mol. The number of rotatable bonds is 4. The molecule has 1 aromatic heterocycles. The van der Waals surface area contributed by atoms with Gasteiger partial charge in [0.2, 0.25) is 5.88 Å². The predicted octanol–water partition coefficient (Wildman–Crippen LogP) is 2.99. The van der Waals surface area contributed by atoms with Crippen molar-refractivity contribution in [2.75, 3.05) is 7.11 Å². The fourth-order valence-corrected chi connectivity index (χ4v) is 1.54. The van der Waals surface area contributed by atoms with Gasteiger partial charge in [0.05, 0.1) is 7.11 Å². The Morgan fingerprint density at radius 2 is 2.31 bits per heavy atom. The van der Waals surface area contributed by atoms with E-state index in [4.69, 9.17) is 4.74 Å². The van der Waals surface area contributed by atoms with Crippen molar-refractivity contribution in [3.8, 4) is 5.88 Å². The first kappa shape index (κ1) is 10.0. The van der Waals surface area contributed by atoms with E-state index >= 15 is 0 Å². The molecule has 0 bridgehead atoms. The third-order valence-electron chi connectivity index (χ3n) is 2.25. The van der Waals surface area contributed by atoms with Crippen LogP contribution in [0.15, 0.2) is 18.3 Å². The zero-order valence-electron chi connectivity index (χ0n) is 8.58. The third kappa shape index (κ3) is 2.44. The lowest BCUT2D eigenvalue weighted by Gasteiger charge is -2.12. The van der Waals surface area contributed by atoms with Crippen molar-refractivity contribution in [1.29, 1.82) is 0 Å². The van der Waals surface area contributed by atoms with E-state index in [1.807, 2.05) is 6.07 Å². The van der Waals surface area contributed by atoms with Crippen LogP contribution in [0.2, 0.25) is 0 Å². The number of aromatic nitrogens is 1. The zero-order valence-corrected chi connectivity index (χ0v) is 8.58. The van der Waals surface area contributed by atoms with Crippen molar-refractivity contribution in [2.45, 2.75) is 32.6 Å². The molecule has 0 saturated carbocycles. The van der Waals surface area contributed by atoms with Crippen molar-refractivity contribution in [3.63, 3.8) is 0 Å². The number of hydrogen-bond acceptors (Lipinski definition) is 2. The van der Waals surface area contributed by atoms with Gasteiger partial charge in [0.15, 0.2) is 0 Å². The molecular formula is C11H17NO. The van der Waals surface area contributed by atoms with Gasteiger partial charge in [-0.05, 0) is 18.4 Å². The Labute approximate surface area is 80.0 Å². The first-order chi connectivity index (χ1) is 6.29. The van der Waals surface area contributed by atoms with Crippen LogP contribution >= 0.6 is 0 Å². The maximum atomic E-state index is 5.20. The highest BCUT2D eigenvalue weighted by atomic mass is 16.5. The van der Waals surface area contributed by atoms with E-state index in [1.165, 1.54) is 18.4 Å². The molecule has 0 aliphatic heterocycles. The summed E-state index contributed by atoms with van der Waals surface area (Å²) in [5.74, 6) is 1.30. The molecule has 0 radical (unpaired) electrons. The molecule has 1 rings (SSSR count). The van der Waals surface area contributed by atoms with Crippen molar-refractivity contribution in [3.05, 3.63) is 23.9 Å². The monoisotopic (exact) mass is 179 g/mol. The molecular weight excluding hydrogens is 162 g/mol. The average Bonchev–Trinajstić information content (AvgIpc) is 2.18. The molecule has 0 spiro atoms. The summed E-state index contributed by atoms with van der Waals surface area (Å²) in [5, 5.41) is 0. The van der Waals surface area contributed by atoms with Gasteiger partial charge in [-0.15, -0.1) is 0 Å². The Bertz CT molecular complexity index is 260. The normalized spacial score (nSPS) is 12.5. The second-order valence-electron chi connectivity index (χ2n) is 3.29. The quantitative estimate of drug-likeness (QED) is 0.708. The number of ether oxygens (including phenoxy) is 1. The van der Waals surface area contributed by atoms with Crippen LogP contribution < -0.4 is 4.74 Å². The molecule has 2 heteroatoms. The average molecular weight is 179 g/mol. The fraction of sp³-hybridized carbons (Fsp3) is 0.545. The van der Waals surface area contributed by atoms with Crippen LogP contribution in [0.4, 0.5) is 0 Å². The van der Waals surface area contributed by atoms with E-state index in [2.05, 4.69) is 24.9 Å². The van der Waals surface area contributed by atoms with E-state index in [0.717, 1.165) is 5.88 Å². The van der Waals surface area contributed by atoms with Gasteiger partial charge < -0.3 is 4.74 Å². The minimum atomic E-state index is 0.536. The Balaban J connectivity index is 2.85. The van der Waals surface area contributed by atoms with Gasteiger partial charge in [0, 0.05) is 11.8 Å². The summed E-state index contributed by atoms with van der Waals surface area (Å²) in [6.07, 6.45) is 4.14. The SMILES string of the molecule is CCCC(C)c1cccnc1OC. The summed E-state index contributed by atoms with van der Waals surface area (Å²) in [6.45, 7) is 4.41. The highest BCUT2D eigenvalue weighted by Gasteiger charge is 2.10. The molecule has 1 heterocycles. The van der Waals surface area contributed by atoms with Crippen LogP contribution in [0.25, 0.3) is 0 Å². The molecule has 0 amide bonds. The Morgan fingerprint density at radius 3 is 2.92 bits per heavy atom. The molecule has 13 heavy (non-hydrogen) atoms. The van der Waals surface area contributed by atoms with Crippen molar-refractivity contribution >= 4 is 0 Å². The number of methoxy groups -OCH3 is 1. The van der Waals surface area contributed by atoms with Gasteiger partial charge in [-0.25, -0.2) is 4.98 Å². The summed E-state index contributed by atoms with van der Waals surface area (Å²) in [6, 6.07) is 4.05. The van der Waals surface area contributed by atoms with Gasteiger partial charge in [-0.3, -0.25) is 0 Å². The summed E-state index contributed by atoms with van der Waals surface area (Å²) in [4.78, 5) is 4.18. The molecule has 0 aliphatic rings. The lowest BCUT2D eigenvalue weighted by atomic mass is 9.98. The van der Waals surface area contributed by atoms with Crippen LogP contribution in [-0.4, -0.2) is 12.1 Å². The van der Waals surface area contributed by atoms with E-state index in [0.29, 0.717) is 5.92 Å². The fourth-order valence-electron chi connectivity index (χ4n) is 1.54.